The fourth-order valence-electron chi connectivity index (χ4n) is 3.09. The topological polar surface area (TPSA) is 57.8 Å². The smallest absolute Gasteiger partial charge is 0.370 e. The van der Waals surface area contributed by atoms with Crippen molar-refractivity contribution in [2.75, 3.05) is 37.6 Å². The van der Waals surface area contributed by atoms with Gasteiger partial charge in [0.25, 0.3) is 0 Å². The number of halogens is 4. The molecular weight excluding hydrogens is 514 g/mol. The molecule has 0 radical (unpaired) electrons. The lowest BCUT2D eigenvalue weighted by Gasteiger charge is -2.35. The van der Waals surface area contributed by atoms with E-state index in [-0.39, 0.29) is 24.0 Å². The molecule has 10 heteroatoms. The summed E-state index contributed by atoms with van der Waals surface area (Å²) in [5.41, 5.74) is 5.55. The standard InChI is InChI=1S/C19H24F3N5S.HI/c1-18(2,14-4-3-5-15(12-14)19(20,21)22)13-25-16(23)26-7-9-27(10-8-26)17-24-6-11-28-17;/h3-6,11-12H,7-10,13H2,1-2H3,(H2,23,25);1H. The van der Waals surface area contributed by atoms with Crippen LogP contribution in [-0.4, -0.2) is 48.6 Å². The summed E-state index contributed by atoms with van der Waals surface area (Å²) in [5.74, 6) is 0.429. The largest absolute Gasteiger partial charge is 0.416 e. The van der Waals surface area contributed by atoms with Crippen LogP contribution in [0, 0.1) is 0 Å². The van der Waals surface area contributed by atoms with E-state index in [0.29, 0.717) is 18.1 Å². The van der Waals surface area contributed by atoms with Crippen LogP contribution in [0.25, 0.3) is 0 Å². The first kappa shape index (κ1) is 23.7. The Labute approximate surface area is 189 Å². The molecule has 1 fully saturated rings. The maximum absolute atomic E-state index is 13.0. The van der Waals surface area contributed by atoms with Gasteiger partial charge in [-0.15, -0.1) is 35.3 Å². The Kier molecular flexibility index (Phi) is 7.77. The number of thiazole rings is 1. The number of nitrogens with zero attached hydrogens (tertiary/aromatic N) is 4. The van der Waals surface area contributed by atoms with Crippen molar-refractivity contribution < 1.29 is 13.2 Å². The highest BCUT2D eigenvalue weighted by Crippen LogP contribution is 2.33. The Morgan fingerprint density at radius 2 is 1.83 bits per heavy atom. The van der Waals surface area contributed by atoms with E-state index in [0.717, 1.165) is 37.4 Å². The van der Waals surface area contributed by atoms with Gasteiger partial charge in [-0.3, -0.25) is 4.99 Å². The molecule has 0 atom stereocenters. The van der Waals surface area contributed by atoms with Crippen LogP contribution in [0.1, 0.15) is 25.0 Å². The average Bonchev–Trinajstić information content (AvgIpc) is 3.20. The predicted molar refractivity (Wildman–Crippen MR) is 122 cm³/mol. The van der Waals surface area contributed by atoms with Gasteiger partial charge in [0.05, 0.1) is 12.1 Å². The number of hydrogen-bond donors (Lipinski definition) is 1. The van der Waals surface area contributed by atoms with E-state index in [4.69, 9.17) is 5.73 Å². The molecule has 5 nitrogen and oxygen atoms in total. The minimum absolute atomic E-state index is 0. The summed E-state index contributed by atoms with van der Waals surface area (Å²) in [6, 6.07) is 5.41. The monoisotopic (exact) mass is 539 g/mol. The SMILES string of the molecule is CC(C)(CN=C(N)N1CCN(c2nccs2)CC1)c1cccc(C(F)(F)F)c1.I. The second-order valence-corrected chi connectivity index (χ2v) is 8.30. The lowest BCUT2D eigenvalue weighted by Crippen LogP contribution is -2.51. The summed E-state index contributed by atoms with van der Waals surface area (Å²) in [6.07, 6.45) is -2.57. The average molecular weight is 539 g/mol. The number of anilines is 1. The third-order valence-electron chi connectivity index (χ3n) is 4.90. The van der Waals surface area contributed by atoms with Gasteiger partial charge in [0.15, 0.2) is 11.1 Å². The molecule has 1 aliphatic heterocycles. The zero-order valence-corrected chi connectivity index (χ0v) is 19.5. The van der Waals surface area contributed by atoms with E-state index >= 15 is 0 Å². The van der Waals surface area contributed by atoms with Gasteiger partial charge in [-0.1, -0.05) is 32.0 Å². The molecule has 1 saturated heterocycles. The van der Waals surface area contributed by atoms with Crippen LogP contribution in [0.4, 0.5) is 18.3 Å². The normalized spacial score (nSPS) is 16.0. The number of guanidine groups is 1. The van der Waals surface area contributed by atoms with Crippen molar-refractivity contribution in [3.8, 4) is 0 Å². The summed E-state index contributed by atoms with van der Waals surface area (Å²) < 4.78 is 39.0. The molecule has 29 heavy (non-hydrogen) atoms. The van der Waals surface area contributed by atoms with E-state index in [1.807, 2.05) is 24.1 Å². The highest BCUT2D eigenvalue weighted by atomic mass is 127. The van der Waals surface area contributed by atoms with Crippen LogP contribution in [-0.2, 0) is 11.6 Å². The molecule has 0 aliphatic carbocycles. The zero-order chi connectivity index (χ0) is 20.4. The molecule has 0 bridgehead atoms. The van der Waals surface area contributed by atoms with E-state index in [9.17, 15) is 13.2 Å². The van der Waals surface area contributed by atoms with Crippen LogP contribution in [0.15, 0.2) is 40.8 Å². The number of piperazine rings is 1. The van der Waals surface area contributed by atoms with Gasteiger partial charge in [0.1, 0.15) is 0 Å². The summed E-state index contributed by atoms with van der Waals surface area (Å²) >= 11 is 1.61. The quantitative estimate of drug-likeness (QED) is 0.360. The number of aliphatic imine (C=N–C) groups is 1. The Morgan fingerprint density at radius 1 is 1.17 bits per heavy atom. The van der Waals surface area contributed by atoms with Crippen molar-refractivity contribution in [2.24, 2.45) is 10.7 Å². The molecule has 0 amide bonds. The molecule has 160 valence electrons. The first-order valence-electron chi connectivity index (χ1n) is 9.04. The summed E-state index contributed by atoms with van der Waals surface area (Å²) in [6.45, 7) is 7.14. The molecular formula is C19H25F3IN5S. The molecule has 2 N–H and O–H groups in total. The zero-order valence-electron chi connectivity index (χ0n) is 16.3. The first-order valence-corrected chi connectivity index (χ1v) is 9.92. The predicted octanol–water partition coefficient (Wildman–Crippen LogP) is 4.19. The van der Waals surface area contributed by atoms with Crippen molar-refractivity contribution in [1.82, 2.24) is 9.88 Å². The maximum atomic E-state index is 13.0. The van der Waals surface area contributed by atoms with E-state index < -0.39 is 17.2 Å². The number of alkyl halides is 3. The fraction of sp³-hybridized carbons (Fsp3) is 0.474. The second-order valence-electron chi connectivity index (χ2n) is 7.43. The van der Waals surface area contributed by atoms with Crippen LogP contribution in [0.2, 0.25) is 0 Å². The summed E-state index contributed by atoms with van der Waals surface area (Å²) in [7, 11) is 0. The molecule has 1 aromatic carbocycles. The number of hydrogen-bond acceptors (Lipinski definition) is 4. The third kappa shape index (κ3) is 5.97. The minimum atomic E-state index is -4.36. The van der Waals surface area contributed by atoms with E-state index in [2.05, 4.69) is 14.9 Å². The first-order chi connectivity index (χ1) is 13.2. The van der Waals surface area contributed by atoms with Crippen LogP contribution in [0.5, 0.6) is 0 Å². The minimum Gasteiger partial charge on any atom is -0.370 e. The summed E-state index contributed by atoms with van der Waals surface area (Å²) in [4.78, 5) is 13.0. The Morgan fingerprint density at radius 3 is 2.41 bits per heavy atom. The van der Waals surface area contributed by atoms with Crippen LogP contribution < -0.4 is 10.6 Å². The van der Waals surface area contributed by atoms with Gasteiger partial charge in [-0.2, -0.15) is 13.2 Å². The Hall–Kier alpha value is -1.56. The molecule has 2 heterocycles. The Bertz CT molecular complexity index is 816. The van der Waals surface area contributed by atoms with Crippen molar-refractivity contribution in [3.63, 3.8) is 0 Å². The second kappa shape index (κ2) is 9.50. The molecule has 1 aromatic heterocycles. The van der Waals surface area contributed by atoms with Gasteiger partial charge in [-0.25, -0.2) is 4.98 Å². The fourth-order valence-corrected chi connectivity index (χ4v) is 3.78. The van der Waals surface area contributed by atoms with Crippen molar-refractivity contribution in [2.45, 2.75) is 25.4 Å². The summed E-state index contributed by atoms with van der Waals surface area (Å²) in [5, 5.41) is 2.95. The molecule has 1 aliphatic rings. The van der Waals surface area contributed by atoms with E-state index in [1.54, 1.807) is 23.6 Å². The molecule has 0 saturated carbocycles. The van der Waals surface area contributed by atoms with E-state index in [1.165, 1.54) is 12.1 Å². The molecule has 3 rings (SSSR count). The number of benzene rings is 1. The highest BCUT2D eigenvalue weighted by molar-refractivity contribution is 14.0. The van der Waals surface area contributed by atoms with Crippen molar-refractivity contribution in [1.29, 1.82) is 0 Å². The lowest BCUT2D eigenvalue weighted by atomic mass is 9.84. The van der Waals surface area contributed by atoms with Gasteiger partial charge in [0, 0.05) is 43.2 Å². The maximum Gasteiger partial charge on any atom is 0.416 e. The van der Waals surface area contributed by atoms with Crippen molar-refractivity contribution in [3.05, 3.63) is 47.0 Å². The highest BCUT2D eigenvalue weighted by Gasteiger charge is 2.32. The molecule has 2 aromatic rings. The molecule has 0 spiro atoms. The Balaban J connectivity index is 0.00000300. The third-order valence-corrected chi connectivity index (χ3v) is 5.73. The lowest BCUT2D eigenvalue weighted by molar-refractivity contribution is -0.137. The molecule has 0 unspecified atom stereocenters. The van der Waals surface area contributed by atoms with Gasteiger partial charge >= 0.3 is 6.18 Å². The van der Waals surface area contributed by atoms with Crippen molar-refractivity contribution >= 4 is 46.4 Å². The number of rotatable bonds is 4. The van der Waals surface area contributed by atoms with Crippen LogP contribution >= 0.6 is 35.3 Å². The van der Waals surface area contributed by atoms with Gasteiger partial charge in [-0.05, 0) is 11.6 Å². The van der Waals surface area contributed by atoms with Gasteiger partial charge in [0.2, 0.25) is 0 Å². The van der Waals surface area contributed by atoms with Crippen LogP contribution in [0.3, 0.4) is 0 Å². The number of nitrogens with two attached hydrogens (primary N) is 1. The number of aromatic nitrogens is 1. The van der Waals surface area contributed by atoms with Gasteiger partial charge < -0.3 is 15.5 Å².